The quantitative estimate of drug-likeness (QED) is 0.813. The van der Waals surface area contributed by atoms with E-state index in [-0.39, 0.29) is 35.4 Å². The van der Waals surface area contributed by atoms with Crippen molar-refractivity contribution >= 4 is 40.8 Å². The molecule has 3 rings (SSSR count). The van der Waals surface area contributed by atoms with E-state index < -0.39 is 17.7 Å². The van der Waals surface area contributed by atoms with E-state index in [1.54, 1.807) is 0 Å². The molecule has 27 heavy (non-hydrogen) atoms. The molecule has 0 radical (unpaired) electrons. The molecule has 0 aromatic heterocycles. The van der Waals surface area contributed by atoms with Gasteiger partial charge >= 0.3 is 5.97 Å². The summed E-state index contributed by atoms with van der Waals surface area (Å²) in [7, 11) is 1.26. The SMILES string of the molecule is COC(=O)c1ccc(Cl)c(N2CC(C(=O)Nc3ccc(F)cc3)CC2=O)c1. The lowest BCUT2D eigenvalue weighted by Crippen LogP contribution is -2.28. The monoisotopic (exact) mass is 390 g/mol. The van der Waals surface area contributed by atoms with Crippen LogP contribution in [-0.4, -0.2) is 31.4 Å². The fourth-order valence-corrected chi connectivity index (χ4v) is 3.08. The Bertz CT molecular complexity index is 901. The number of halogens is 2. The highest BCUT2D eigenvalue weighted by atomic mass is 35.5. The van der Waals surface area contributed by atoms with Crippen molar-refractivity contribution in [2.75, 3.05) is 23.9 Å². The first-order valence-corrected chi connectivity index (χ1v) is 8.51. The van der Waals surface area contributed by atoms with Crippen LogP contribution in [0, 0.1) is 11.7 Å². The van der Waals surface area contributed by atoms with Crippen molar-refractivity contribution in [2.45, 2.75) is 6.42 Å². The van der Waals surface area contributed by atoms with Gasteiger partial charge in [-0.25, -0.2) is 9.18 Å². The Kier molecular flexibility index (Phi) is 5.41. The topological polar surface area (TPSA) is 75.7 Å². The van der Waals surface area contributed by atoms with Gasteiger partial charge in [0.25, 0.3) is 0 Å². The predicted octanol–water partition coefficient (Wildman–Crippen LogP) is 3.26. The van der Waals surface area contributed by atoms with E-state index in [1.165, 1.54) is 54.5 Å². The van der Waals surface area contributed by atoms with Gasteiger partial charge in [-0.3, -0.25) is 9.59 Å². The number of methoxy groups -OCH3 is 1. The zero-order valence-corrected chi connectivity index (χ0v) is 15.1. The van der Waals surface area contributed by atoms with Gasteiger partial charge in [-0.05, 0) is 42.5 Å². The number of benzene rings is 2. The summed E-state index contributed by atoms with van der Waals surface area (Å²) in [4.78, 5) is 37.9. The lowest BCUT2D eigenvalue weighted by molar-refractivity contribution is -0.122. The summed E-state index contributed by atoms with van der Waals surface area (Å²) < 4.78 is 17.6. The summed E-state index contributed by atoms with van der Waals surface area (Å²) in [6.07, 6.45) is 0.00576. The van der Waals surface area contributed by atoms with Crippen LogP contribution in [0.25, 0.3) is 0 Å². The van der Waals surface area contributed by atoms with Crippen molar-refractivity contribution in [1.29, 1.82) is 0 Å². The average Bonchev–Trinajstić information content (AvgIpc) is 3.05. The van der Waals surface area contributed by atoms with E-state index in [0.29, 0.717) is 11.4 Å². The number of esters is 1. The number of rotatable bonds is 4. The number of hydrogen-bond acceptors (Lipinski definition) is 4. The number of anilines is 2. The Balaban J connectivity index is 1.76. The highest BCUT2D eigenvalue weighted by Crippen LogP contribution is 2.32. The Morgan fingerprint density at radius 1 is 1.22 bits per heavy atom. The van der Waals surface area contributed by atoms with Crippen LogP contribution < -0.4 is 10.2 Å². The molecule has 0 aliphatic carbocycles. The van der Waals surface area contributed by atoms with Gasteiger partial charge in [0.05, 0.1) is 29.3 Å². The van der Waals surface area contributed by atoms with Crippen LogP contribution in [0.3, 0.4) is 0 Å². The van der Waals surface area contributed by atoms with Crippen molar-refractivity contribution in [3.05, 3.63) is 58.9 Å². The van der Waals surface area contributed by atoms with Crippen molar-refractivity contribution < 1.29 is 23.5 Å². The van der Waals surface area contributed by atoms with Gasteiger partial charge in [0.15, 0.2) is 0 Å². The van der Waals surface area contributed by atoms with Gasteiger partial charge in [0.1, 0.15) is 5.82 Å². The summed E-state index contributed by atoms with van der Waals surface area (Å²) >= 11 is 6.18. The van der Waals surface area contributed by atoms with E-state index in [0.717, 1.165) is 0 Å². The van der Waals surface area contributed by atoms with Crippen molar-refractivity contribution in [3.63, 3.8) is 0 Å². The average molecular weight is 391 g/mol. The van der Waals surface area contributed by atoms with Crippen LogP contribution in [0.15, 0.2) is 42.5 Å². The molecular weight excluding hydrogens is 375 g/mol. The van der Waals surface area contributed by atoms with E-state index in [2.05, 4.69) is 10.1 Å². The number of nitrogens with one attached hydrogen (secondary N) is 1. The molecule has 0 spiro atoms. The van der Waals surface area contributed by atoms with Crippen LogP contribution in [-0.2, 0) is 14.3 Å². The van der Waals surface area contributed by atoms with Crippen molar-refractivity contribution in [2.24, 2.45) is 5.92 Å². The maximum atomic E-state index is 13.0. The number of ether oxygens (including phenoxy) is 1. The number of hydrogen-bond donors (Lipinski definition) is 1. The number of carbonyl (C=O) groups excluding carboxylic acids is 3. The molecule has 1 unspecified atom stereocenters. The van der Waals surface area contributed by atoms with E-state index in [1.807, 2.05) is 0 Å². The Labute approximate surface area is 159 Å². The fourth-order valence-electron chi connectivity index (χ4n) is 2.86. The second-order valence-electron chi connectivity index (χ2n) is 6.06. The molecule has 2 amide bonds. The maximum Gasteiger partial charge on any atom is 0.337 e. The lowest BCUT2D eigenvalue weighted by atomic mass is 10.1. The van der Waals surface area contributed by atoms with Crippen LogP contribution in [0.4, 0.5) is 15.8 Å². The minimum Gasteiger partial charge on any atom is -0.465 e. The first-order valence-electron chi connectivity index (χ1n) is 8.13. The highest BCUT2D eigenvalue weighted by molar-refractivity contribution is 6.34. The smallest absolute Gasteiger partial charge is 0.337 e. The lowest BCUT2D eigenvalue weighted by Gasteiger charge is -2.19. The van der Waals surface area contributed by atoms with Gasteiger partial charge in [0.2, 0.25) is 11.8 Å². The molecule has 1 aliphatic rings. The Morgan fingerprint density at radius 2 is 1.93 bits per heavy atom. The molecule has 1 saturated heterocycles. The largest absolute Gasteiger partial charge is 0.465 e. The third kappa shape index (κ3) is 4.09. The number of amides is 2. The molecule has 6 nitrogen and oxygen atoms in total. The van der Waals surface area contributed by atoms with Gasteiger partial charge in [-0.15, -0.1) is 0 Å². The molecule has 1 heterocycles. The standard InChI is InChI=1S/C19H16ClFN2O4/c1-27-19(26)11-2-7-15(20)16(8-11)23-10-12(9-17(23)24)18(25)22-14-5-3-13(21)4-6-14/h2-8,12H,9-10H2,1H3,(H,22,25). The first-order chi connectivity index (χ1) is 12.9. The van der Waals surface area contributed by atoms with Crippen molar-refractivity contribution in [1.82, 2.24) is 0 Å². The Morgan fingerprint density at radius 3 is 2.59 bits per heavy atom. The third-order valence-corrected chi connectivity index (χ3v) is 4.59. The highest BCUT2D eigenvalue weighted by Gasteiger charge is 2.36. The molecule has 140 valence electrons. The Hall–Kier alpha value is -2.93. The van der Waals surface area contributed by atoms with Crippen LogP contribution in [0.2, 0.25) is 5.02 Å². The summed E-state index contributed by atoms with van der Waals surface area (Å²) in [6, 6.07) is 9.82. The zero-order valence-electron chi connectivity index (χ0n) is 14.4. The molecule has 0 saturated carbocycles. The molecule has 8 heteroatoms. The minimum atomic E-state index is -0.597. The molecule has 2 aromatic carbocycles. The summed E-state index contributed by atoms with van der Waals surface area (Å²) in [6.45, 7) is 0.121. The fraction of sp³-hybridized carbons (Fsp3) is 0.211. The second-order valence-corrected chi connectivity index (χ2v) is 6.47. The van der Waals surface area contributed by atoms with Crippen LogP contribution >= 0.6 is 11.6 Å². The normalized spacial score (nSPS) is 16.3. The van der Waals surface area contributed by atoms with E-state index >= 15 is 0 Å². The second kappa shape index (κ2) is 7.75. The predicted molar refractivity (Wildman–Crippen MR) is 98.3 cm³/mol. The summed E-state index contributed by atoms with van der Waals surface area (Å²) in [5.74, 6) is -2.18. The first kappa shape index (κ1) is 18.8. The maximum absolute atomic E-state index is 13.0. The molecule has 1 N–H and O–H groups in total. The van der Waals surface area contributed by atoms with Gasteiger partial charge in [-0.1, -0.05) is 11.6 Å². The van der Waals surface area contributed by atoms with E-state index in [4.69, 9.17) is 11.6 Å². The van der Waals surface area contributed by atoms with Crippen LogP contribution in [0.5, 0.6) is 0 Å². The number of nitrogens with zero attached hydrogens (tertiary/aromatic N) is 1. The molecule has 2 aromatic rings. The summed E-state index contributed by atoms with van der Waals surface area (Å²) in [5, 5.41) is 2.95. The minimum absolute atomic E-state index is 0.00576. The zero-order chi connectivity index (χ0) is 19.6. The molecule has 1 aliphatic heterocycles. The van der Waals surface area contributed by atoms with Crippen molar-refractivity contribution in [3.8, 4) is 0 Å². The number of carbonyl (C=O) groups is 3. The van der Waals surface area contributed by atoms with Gasteiger partial charge in [-0.2, -0.15) is 0 Å². The van der Waals surface area contributed by atoms with Crippen LogP contribution in [0.1, 0.15) is 16.8 Å². The van der Waals surface area contributed by atoms with Gasteiger partial charge in [0, 0.05) is 18.7 Å². The molecular formula is C19H16ClFN2O4. The molecule has 1 fully saturated rings. The third-order valence-electron chi connectivity index (χ3n) is 4.27. The van der Waals surface area contributed by atoms with Gasteiger partial charge < -0.3 is 15.0 Å². The molecule has 0 bridgehead atoms. The molecule has 1 atom stereocenters. The van der Waals surface area contributed by atoms with E-state index in [9.17, 15) is 18.8 Å². The summed E-state index contributed by atoms with van der Waals surface area (Å²) in [5.41, 5.74) is 1.04.